The zero-order valence-electron chi connectivity index (χ0n) is 30.3. The number of anilines is 2. The Morgan fingerprint density at radius 1 is 0.630 bits per heavy atom. The molecule has 256 valence electrons. The fourth-order valence-electron chi connectivity index (χ4n) is 10.3. The van der Waals surface area contributed by atoms with E-state index in [4.69, 9.17) is 4.42 Å². The van der Waals surface area contributed by atoms with E-state index in [9.17, 15) is 0 Å². The normalized spacial score (nSPS) is 18.3. The first-order valence-corrected chi connectivity index (χ1v) is 19.2. The van der Waals surface area contributed by atoms with Gasteiger partial charge in [-0.3, -0.25) is 0 Å². The molecule has 54 heavy (non-hydrogen) atoms. The van der Waals surface area contributed by atoms with Crippen molar-refractivity contribution in [3.05, 3.63) is 197 Å². The number of hydrogen-bond acceptors (Lipinski definition) is 2. The summed E-state index contributed by atoms with van der Waals surface area (Å²) in [6.07, 6.45) is 8.27. The summed E-state index contributed by atoms with van der Waals surface area (Å²) in [6, 6.07) is 54.2. The van der Waals surface area contributed by atoms with Crippen LogP contribution in [-0.2, 0) is 11.8 Å². The first-order chi connectivity index (χ1) is 26.5. The molecule has 0 N–H and O–H groups in total. The van der Waals surface area contributed by atoms with Gasteiger partial charge in [0.1, 0.15) is 11.2 Å². The van der Waals surface area contributed by atoms with Crippen molar-refractivity contribution in [2.45, 2.75) is 37.6 Å². The number of rotatable bonds is 3. The summed E-state index contributed by atoms with van der Waals surface area (Å²) in [7, 11) is 0. The lowest BCUT2D eigenvalue weighted by atomic mass is 9.82. The lowest BCUT2D eigenvalue weighted by molar-refractivity contribution is 0.652. The lowest BCUT2D eigenvalue weighted by Crippen LogP contribution is -2.29. The maximum atomic E-state index is 6.61. The quantitative estimate of drug-likeness (QED) is 0.183. The number of para-hydroxylation sites is 1. The van der Waals surface area contributed by atoms with Crippen LogP contribution in [0.5, 0.6) is 0 Å². The molecule has 12 rings (SSSR count). The highest BCUT2D eigenvalue weighted by atomic mass is 16.3. The van der Waals surface area contributed by atoms with Gasteiger partial charge < -0.3 is 9.32 Å². The fraction of sp³-hybridized carbons (Fsp3) is 0.115. The second kappa shape index (κ2) is 10.8. The lowest BCUT2D eigenvalue weighted by Gasteiger charge is -2.31. The summed E-state index contributed by atoms with van der Waals surface area (Å²) >= 11 is 0. The number of allylic oxidation sites excluding steroid dienone is 2. The van der Waals surface area contributed by atoms with Gasteiger partial charge in [-0.25, -0.2) is 0 Å². The summed E-state index contributed by atoms with van der Waals surface area (Å²) in [5, 5.41) is 2.36. The van der Waals surface area contributed by atoms with Gasteiger partial charge >= 0.3 is 0 Å². The minimum atomic E-state index is -0.173. The maximum Gasteiger partial charge on any atom is 0.143 e. The van der Waals surface area contributed by atoms with Crippen molar-refractivity contribution in [3.8, 4) is 33.4 Å². The van der Waals surface area contributed by atoms with Crippen molar-refractivity contribution >= 4 is 38.9 Å². The Morgan fingerprint density at radius 2 is 1.44 bits per heavy atom. The molecule has 4 aliphatic rings. The average Bonchev–Trinajstić information content (AvgIpc) is 3.94. The van der Waals surface area contributed by atoms with Crippen LogP contribution in [0.15, 0.2) is 168 Å². The summed E-state index contributed by atoms with van der Waals surface area (Å²) in [5.74, 6) is 0.211. The van der Waals surface area contributed by atoms with Crippen LogP contribution in [0, 0.1) is 0 Å². The molecule has 8 aromatic rings. The van der Waals surface area contributed by atoms with Gasteiger partial charge in [-0.2, -0.15) is 0 Å². The molecule has 7 aromatic carbocycles. The van der Waals surface area contributed by atoms with Gasteiger partial charge in [-0.05, 0) is 104 Å². The molecule has 2 heteroatoms. The molecule has 0 amide bonds. The van der Waals surface area contributed by atoms with E-state index in [1.165, 1.54) is 94.5 Å². The molecule has 0 spiro atoms. The maximum absolute atomic E-state index is 6.61. The number of nitrogens with zero attached hydrogens (tertiary/aromatic N) is 1. The molecule has 3 aliphatic carbocycles. The van der Waals surface area contributed by atoms with Crippen molar-refractivity contribution in [2.75, 3.05) is 4.90 Å². The van der Waals surface area contributed by atoms with E-state index >= 15 is 0 Å². The van der Waals surface area contributed by atoms with Gasteiger partial charge in [-0.1, -0.05) is 147 Å². The van der Waals surface area contributed by atoms with Crippen molar-refractivity contribution in [3.63, 3.8) is 0 Å². The Hall–Kier alpha value is -6.38. The smallest absolute Gasteiger partial charge is 0.143 e. The van der Waals surface area contributed by atoms with Crippen LogP contribution in [0.25, 0.3) is 60.9 Å². The van der Waals surface area contributed by atoms with E-state index in [1.54, 1.807) is 0 Å². The van der Waals surface area contributed by atoms with Gasteiger partial charge in [0.2, 0.25) is 0 Å². The van der Waals surface area contributed by atoms with E-state index in [-0.39, 0.29) is 17.4 Å². The van der Waals surface area contributed by atoms with Crippen LogP contribution in [0.2, 0.25) is 0 Å². The van der Waals surface area contributed by atoms with E-state index in [0.29, 0.717) is 0 Å². The Kier molecular flexibility index (Phi) is 6.04. The topological polar surface area (TPSA) is 16.4 Å². The molecule has 1 aliphatic heterocycles. The third kappa shape index (κ3) is 4.06. The largest absolute Gasteiger partial charge is 0.455 e. The second-order valence-electron chi connectivity index (χ2n) is 16.0. The SMILES string of the molecule is CC1(C)c2cc(N3c4ccc(-c5cccc6c5Cc5ccccc5-6)cc4C4C=C(c5ccccc5)C=CC43)ccc2-c2c1ccc1c2oc2ccccc21. The van der Waals surface area contributed by atoms with Gasteiger partial charge in [0.05, 0.1) is 6.04 Å². The molecular weight excluding hydrogens is 655 g/mol. The van der Waals surface area contributed by atoms with Crippen molar-refractivity contribution < 1.29 is 4.42 Å². The summed E-state index contributed by atoms with van der Waals surface area (Å²) in [5.41, 5.74) is 21.6. The summed E-state index contributed by atoms with van der Waals surface area (Å²) in [6.45, 7) is 4.74. The Morgan fingerprint density at radius 3 is 2.37 bits per heavy atom. The average molecular weight is 692 g/mol. The molecule has 2 atom stereocenters. The minimum Gasteiger partial charge on any atom is -0.455 e. The van der Waals surface area contributed by atoms with E-state index < -0.39 is 0 Å². The second-order valence-corrected chi connectivity index (χ2v) is 16.0. The fourth-order valence-corrected chi connectivity index (χ4v) is 10.3. The van der Waals surface area contributed by atoms with Gasteiger partial charge in [-0.15, -0.1) is 0 Å². The predicted octanol–water partition coefficient (Wildman–Crippen LogP) is 13.4. The van der Waals surface area contributed by atoms with E-state index in [0.717, 1.165) is 17.6 Å². The Bertz CT molecular complexity index is 2960. The molecule has 0 radical (unpaired) electrons. The highest BCUT2D eigenvalue weighted by Crippen LogP contribution is 2.56. The molecular formula is C52H37NO. The number of furan rings is 1. The predicted molar refractivity (Wildman–Crippen MR) is 224 cm³/mol. The van der Waals surface area contributed by atoms with Crippen molar-refractivity contribution in [1.82, 2.24) is 0 Å². The first-order valence-electron chi connectivity index (χ1n) is 19.2. The van der Waals surface area contributed by atoms with Gasteiger partial charge in [0.25, 0.3) is 0 Å². The highest BCUT2D eigenvalue weighted by Gasteiger charge is 2.42. The molecule has 2 heterocycles. The standard InChI is InChI=1S/C52H37NO/c1-52(2)45-24-23-40-39-15-8-9-18-49(39)54-51(40)50(45)41-22-21-35(30-46(41)52)53-47-25-19-32(31-11-4-3-5-12-31)27-43(47)44-29-34(20-26-48(44)53)37-16-10-17-38-36-14-7-6-13-33(36)28-42(37)38/h3-27,29-30,43,47H,28H2,1-2H3. The molecule has 0 saturated heterocycles. The van der Waals surface area contributed by atoms with Crippen molar-refractivity contribution in [1.29, 1.82) is 0 Å². The Labute approximate surface area is 315 Å². The zero-order chi connectivity index (χ0) is 35.7. The third-order valence-corrected chi connectivity index (χ3v) is 12.9. The zero-order valence-corrected chi connectivity index (χ0v) is 30.3. The third-order valence-electron chi connectivity index (χ3n) is 12.9. The van der Waals surface area contributed by atoms with Crippen LogP contribution >= 0.6 is 0 Å². The Balaban J connectivity index is 1.01. The van der Waals surface area contributed by atoms with Crippen molar-refractivity contribution in [2.24, 2.45) is 0 Å². The first kappa shape index (κ1) is 30.1. The molecule has 2 unspecified atom stereocenters. The van der Waals surface area contributed by atoms with Crippen LogP contribution in [0.4, 0.5) is 11.4 Å². The van der Waals surface area contributed by atoms with Gasteiger partial charge in [0.15, 0.2) is 0 Å². The van der Waals surface area contributed by atoms with Gasteiger partial charge in [0, 0.05) is 39.0 Å². The number of benzene rings is 7. The molecule has 0 saturated carbocycles. The van der Waals surface area contributed by atoms with Crippen LogP contribution < -0.4 is 4.90 Å². The summed E-state index contributed by atoms with van der Waals surface area (Å²) in [4.78, 5) is 2.60. The number of fused-ring (bicyclic) bond motifs is 13. The molecule has 1 aromatic heterocycles. The monoisotopic (exact) mass is 691 g/mol. The molecule has 2 nitrogen and oxygen atoms in total. The summed E-state index contributed by atoms with van der Waals surface area (Å²) < 4.78 is 6.61. The molecule has 0 fully saturated rings. The van der Waals surface area contributed by atoms with Crippen LogP contribution in [0.3, 0.4) is 0 Å². The van der Waals surface area contributed by atoms with Crippen LogP contribution in [-0.4, -0.2) is 6.04 Å². The molecule has 0 bridgehead atoms. The van der Waals surface area contributed by atoms with Crippen LogP contribution in [0.1, 0.15) is 53.1 Å². The minimum absolute atomic E-state index is 0.167. The van der Waals surface area contributed by atoms with E-state index in [2.05, 4.69) is 183 Å². The number of hydrogen-bond donors (Lipinski definition) is 0. The van der Waals surface area contributed by atoms with E-state index in [1.807, 2.05) is 0 Å². The highest BCUT2D eigenvalue weighted by molar-refractivity contribution is 6.12.